The summed E-state index contributed by atoms with van der Waals surface area (Å²) in [6, 6.07) is 11.3. The highest BCUT2D eigenvalue weighted by atomic mass is 16.3. The van der Waals surface area contributed by atoms with Crippen LogP contribution in [-0.4, -0.2) is 44.8 Å². The van der Waals surface area contributed by atoms with E-state index < -0.39 is 0 Å². The Hall–Kier alpha value is -2.93. The van der Waals surface area contributed by atoms with Crippen molar-refractivity contribution in [3.8, 4) is 0 Å². The van der Waals surface area contributed by atoms with E-state index in [0.29, 0.717) is 23.6 Å². The molecule has 1 aromatic carbocycles. The van der Waals surface area contributed by atoms with Gasteiger partial charge < -0.3 is 15.3 Å². The quantitative estimate of drug-likeness (QED) is 0.714. The van der Waals surface area contributed by atoms with Crippen LogP contribution in [0.2, 0.25) is 0 Å². The lowest BCUT2D eigenvalue weighted by Crippen LogP contribution is -2.39. The third-order valence-electron chi connectivity index (χ3n) is 5.32. The molecule has 7 heteroatoms. The zero-order valence-electron chi connectivity index (χ0n) is 17.1. The molecule has 1 aliphatic heterocycles. The number of fused-ring (bicyclic) bond motifs is 1. The zero-order valence-corrected chi connectivity index (χ0v) is 17.1. The molecule has 2 aromatic heterocycles. The summed E-state index contributed by atoms with van der Waals surface area (Å²) < 4.78 is 1.74. The first-order valence-electron chi connectivity index (χ1n) is 10.0. The maximum atomic E-state index is 12.8. The number of hydrogen-bond acceptors (Lipinski definition) is 5. The first-order valence-corrected chi connectivity index (χ1v) is 10.0. The van der Waals surface area contributed by atoms with Gasteiger partial charge in [0.1, 0.15) is 11.6 Å². The standard InChI is InChI=1S/C22H27N5O2/c1-22(2,3)16-8-6-15(7-9-16)21(29)25-18-13-20(26-12-4-5-17(28)14-26)27-19(24-18)10-11-23-27/h6-11,13,17,28H,4-5,12,14H2,1-3H3,(H,24,25,29)/t17-/m0/s1. The van der Waals surface area contributed by atoms with E-state index in [2.05, 4.69) is 41.1 Å². The van der Waals surface area contributed by atoms with Gasteiger partial charge in [-0.25, -0.2) is 4.98 Å². The summed E-state index contributed by atoms with van der Waals surface area (Å²) in [6.45, 7) is 7.81. The van der Waals surface area contributed by atoms with Gasteiger partial charge in [-0.1, -0.05) is 32.9 Å². The smallest absolute Gasteiger partial charge is 0.256 e. The molecule has 1 atom stereocenters. The SMILES string of the molecule is CC(C)(C)c1ccc(C(=O)Nc2cc(N3CCC[C@H](O)C3)n3nccc3n2)cc1. The number of carbonyl (C=O) groups is 1. The average Bonchev–Trinajstić information content (AvgIpc) is 3.15. The molecule has 0 unspecified atom stereocenters. The maximum Gasteiger partial charge on any atom is 0.256 e. The van der Waals surface area contributed by atoms with Crippen LogP contribution in [0, 0.1) is 0 Å². The normalized spacial score (nSPS) is 17.5. The minimum Gasteiger partial charge on any atom is -0.391 e. The molecule has 0 bridgehead atoms. The summed E-state index contributed by atoms with van der Waals surface area (Å²) in [4.78, 5) is 19.4. The number of rotatable bonds is 3. The lowest BCUT2D eigenvalue weighted by atomic mass is 9.87. The van der Waals surface area contributed by atoms with Gasteiger partial charge in [-0.3, -0.25) is 4.79 Å². The van der Waals surface area contributed by atoms with E-state index >= 15 is 0 Å². The van der Waals surface area contributed by atoms with Crippen molar-refractivity contribution >= 4 is 23.2 Å². The average molecular weight is 393 g/mol. The molecule has 1 amide bonds. The van der Waals surface area contributed by atoms with Crippen molar-refractivity contribution in [2.75, 3.05) is 23.3 Å². The van der Waals surface area contributed by atoms with Crippen LogP contribution in [0.15, 0.2) is 42.6 Å². The predicted octanol–water partition coefficient (Wildman–Crippen LogP) is 3.24. The molecule has 1 saturated heterocycles. The maximum absolute atomic E-state index is 12.8. The van der Waals surface area contributed by atoms with E-state index in [0.717, 1.165) is 25.2 Å². The van der Waals surface area contributed by atoms with E-state index in [1.54, 1.807) is 16.8 Å². The van der Waals surface area contributed by atoms with Gasteiger partial charge in [0.05, 0.1) is 12.3 Å². The predicted molar refractivity (Wildman–Crippen MR) is 114 cm³/mol. The van der Waals surface area contributed by atoms with Gasteiger partial charge in [0.25, 0.3) is 5.91 Å². The summed E-state index contributed by atoms with van der Waals surface area (Å²) in [5.41, 5.74) is 2.46. The van der Waals surface area contributed by atoms with E-state index in [4.69, 9.17) is 0 Å². The molecule has 0 saturated carbocycles. The fraction of sp³-hybridized carbons (Fsp3) is 0.409. The molecule has 29 heavy (non-hydrogen) atoms. The first-order chi connectivity index (χ1) is 13.8. The molecule has 1 aliphatic rings. The number of benzene rings is 1. The minimum atomic E-state index is -0.359. The number of carbonyl (C=O) groups excluding carboxylic acids is 1. The molecule has 3 heterocycles. The number of amides is 1. The Labute approximate surface area is 170 Å². The third kappa shape index (κ3) is 4.10. The summed E-state index contributed by atoms with van der Waals surface area (Å²) in [6.07, 6.45) is 3.04. The van der Waals surface area contributed by atoms with Crippen molar-refractivity contribution in [2.24, 2.45) is 0 Å². The van der Waals surface area contributed by atoms with E-state index in [9.17, 15) is 9.90 Å². The first kappa shape index (κ1) is 19.4. The minimum absolute atomic E-state index is 0.0392. The highest BCUT2D eigenvalue weighted by molar-refractivity contribution is 6.04. The van der Waals surface area contributed by atoms with Crippen LogP contribution in [0.1, 0.15) is 49.5 Å². The number of aliphatic hydroxyl groups excluding tert-OH is 1. The molecule has 7 nitrogen and oxygen atoms in total. The number of nitrogens with one attached hydrogen (secondary N) is 1. The number of piperidine rings is 1. The second-order valence-corrected chi connectivity index (χ2v) is 8.62. The Balaban J connectivity index is 1.60. The van der Waals surface area contributed by atoms with Gasteiger partial charge in [-0.2, -0.15) is 9.61 Å². The molecule has 4 rings (SSSR count). The highest BCUT2D eigenvalue weighted by Crippen LogP contribution is 2.25. The van der Waals surface area contributed by atoms with Crippen molar-refractivity contribution < 1.29 is 9.90 Å². The van der Waals surface area contributed by atoms with Crippen molar-refractivity contribution in [2.45, 2.75) is 45.1 Å². The number of nitrogens with zero attached hydrogens (tertiary/aromatic N) is 4. The molecule has 0 spiro atoms. The van der Waals surface area contributed by atoms with Crippen LogP contribution >= 0.6 is 0 Å². The van der Waals surface area contributed by atoms with E-state index in [-0.39, 0.29) is 17.4 Å². The largest absolute Gasteiger partial charge is 0.391 e. The van der Waals surface area contributed by atoms with E-state index in [1.807, 2.05) is 30.3 Å². The van der Waals surface area contributed by atoms with Crippen LogP contribution in [-0.2, 0) is 5.41 Å². The second kappa shape index (κ2) is 7.48. The van der Waals surface area contributed by atoms with Crippen molar-refractivity contribution in [1.82, 2.24) is 14.6 Å². The molecule has 0 radical (unpaired) electrons. The number of aliphatic hydroxyl groups is 1. The summed E-state index contributed by atoms with van der Waals surface area (Å²) in [7, 11) is 0. The number of anilines is 2. The molecule has 1 fully saturated rings. The van der Waals surface area contributed by atoms with Gasteiger partial charge in [0.2, 0.25) is 0 Å². The Kier molecular flexibility index (Phi) is 5.00. The monoisotopic (exact) mass is 393 g/mol. The molecule has 3 aromatic rings. The van der Waals surface area contributed by atoms with Crippen LogP contribution in [0.5, 0.6) is 0 Å². The molecular formula is C22H27N5O2. The van der Waals surface area contributed by atoms with Gasteiger partial charge in [0.15, 0.2) is 5.65 Å². The van der Waals surface area contributed by atoms with Crippen molar-refractivity contribution in [3.63, 3.8) is 0 Å². The highest BCUT2D eigenvalue weighted by Gasteiger charge is 2.22. The van der Waals surface area contributed by atoms with Crippen LogP contribution < -0.4 is 10.2 Å². The van der Waals surface area contributed by atoms with Crippen molar-refractivity contribution in [1.29, 1.82) is 0 Å². The van der Waals surface area contributed by atoms with Gasteiger partial charge >= 0.3 is 0 Å². The third-order valence-corrected chi connectivity index (χ3v) is 5.32. The Morgan fingerprint density at radius 3 is 2.66 bits per heavy atom. The van der Waals surface area contributed by atoms with Crippen molar-refractivity contribution in [3.05, 3.63) is 53.7 Å². The van der Waals surface area contributed by atoms with Crippen LogP contribution in [0.4, 0.5) is 11.6 Å². The Morgan fingerprint density at radius 2 is 1.97 bits per heavy atom. The molecule has 152 valence electrons. The summed E-state index contributed by atoms with van der Waals surface area (Å²) in [5, 5.41) is 17.3. The number of β-amino-alcohol motifs (C(OH)–C–C–N with tert-alkyl or cyclic N) is 1. The Morgan fingerprint density at radius 1 is 1.21 bits per heavy atom. The topological polar surface area (TPSA) is 82.8 Å². The fourth-order valence-corrected chi connectivity index (χ4v) is 3.66. The molecule has 2 N–H and O–H groups in total. The lowest BCUT2D eigenvalue weighted by Gasteiger charge is -2.32. The lowest BCUT2D eigenvalue weighted by molar-refractivity contribution is 0.102. The van der Waals surface area contributed by atoms with Gasteiger partial charge in [-0.15, -0.1) is 0 Å². The van der Waals surface area contributed by atoms with Gasteiger partial charge in [-0.05, 0) is 36.0 Å². The van der Waals surface area contributed by atoms with Gasteiger partial charge in [0, 0.05) is 30.8 Å². The molecule has 0 aliphatic carbocycles. The van der Waals surface area contributed by atoms with Crippen LogP contribution in [0.3, 0.4) is 0 Å². The fourth-order valence-electron chi connectivity index (χ4n) is 3.66. The van der Waals surface area contributed by atoms with E-state index in [1.165, 1.54) is 5.56 Å². The summed E-state index contributed by atoms with van der Waals surface area (Å²) >= 11 is 0. The molecular weight excluding hydrogens is 366 g/mol. The zero-order chi connectivity index (χ0) is 20.6. The number of aromatic nitrogens is 3. The summed E-state index contributed by atoms with van der Waals surface area (Å²) in [5.74, 6) is 1.08. The second-order valence-electron chi connectivity index (χ2n) is 8.62. The van der Waals surface area contributed by atoms with Crippen LogP contribution in [0.25, 0.3) is 5.65 Å². The Bertz CT molecular complexity index is 1020. The number of hydrogen-bond donors (Lipinski definition) is 2.